The highest BCUT2D eigenvalue weighted by Gasteiger charge is 2.29. The van der Waals surface area contributed by atoms with Gasteiger partial charge in [0.15, 0.2) is 0 Å². The van der Waals surface area contributed by atoms with E-state index in [1.54, 1.807) is 32.0 Å². The number of amides is 2. The summed E-state index contributed by atoms with van der Waals surface area (Å²) in [4.78, 5) is 23.1. The third-order valence-electron chi connectivity index (χ3n) is 4.48. The van der Waals surface area contributed by atoms with Gasteiger partial charge in [0.2, 0.25) is 10.0 Å². The van der Waals surface area contributed by atoms with Gasteiger partial charge in [-0.15, -0.1) is 0 Å². The van der Waals surface area contributed by atoms with Crippen LogP contribution in [0.25, 0.3) is 0 Å². The molecule has 1 aliphatic rings. The summed E-state index contributed by atoms with van der Waals surface area (Å²) in [5.41, 5.74) is -0.544. The molecule has 1 saturated heterocycles. The molecule has 0 aliphatic carbocycles. The molecular formula is C18H27N3O5S. The summed E-state index contributed by atoms with van der Waals surface area (Å²) in [6.07, 6.45) is 2.84. The van der Waals surface area contributed by atoms with E-state index in [9.17, 15) is 18.0 Å². The summed E-state index contributed by atoms with van der Waals surface area (Å²) in [6, 6.07) is 5.72. The summed E-state index contributed by atoms with van der Waals surface area (Å²) in [5, 5.41) is 14.1. The number of carbonyl (C=O) groups is 2. The minimum Gasteiger partial charge on any atom is -0.481 e. The van der Waals surface area contributed by atoms with Crippen molar-refractivity contribution in [2.75, 3.05) is 18.4 Å². The Morgan fingerprint density at radius 2 is 1.78 bits per heavy atom. The number of carboxylic acids is 1. The van der Waals surface area contributed by atoms with E-state index < -0.39 is 27.6 Å². The lowest BCUT2D eigenvalue weighted by Gasteiger charge is -2.28. The molecule has 1 heterocycles. The third-order valence-corrected chi connectivity index (χ3v) is 6.44. The molecule has 0 saturated carbocycles. The fraction of sp³-hybridized carbons (Fsp3) is 0.556. The van der Waals surface area contributed by atoms with Crippen LogP contribution in [-0.4, -0.2) is 48.5 Å². The van der Waals surface area contributed by atoms with Crippen LogP contribution in [-0.2, 0) is 14.8 Å². The van der Waals surface area contributed by atoms with Crippen molar-refractivity contribution in [1.29, 1.82) is 0 Å². The van der Waals surface area contributed by atoms with Crippen molar-refractivity contribution in [2.45, 2.75) is 56.4 Å². The van der Waals surface area contributed by atoms with Crippen LogP contribution in [0.2, 0.25) is 0 Å². The quantitative estimate of drug-likeness (QED) is 0.654. The molecule has 1 aromatic carbocycles. The van der Waals surface area contributed by atoms with Gasteiger partial charge in [0.1, 0.15) is 4.90 Å². The predicted molar refractivity (Wildman–Crippen MR) is 102 cm³/mol. The highest BCUT2D eigenvalue weighted by Crippen LogP contribution is 2.27. The lowest BCUT2D eigenvalue weighted by atomic mass is 9.99. The molecule has 0 aromatic heterocycles. The molecule has 1 fully saturated rings. The Bertz CT molecular complexity index is 786. The minimum atomic E-state index is -3.69. The van der Waals surface area contributed by atoms with Crippen molar-refractivity contribution in [3.05, 3.63) is 24.3 Å². The molecular weight excluding hydrogens is 370 g/mol. The summed E-state index contributed by atoms with van der Waals surface area (Å²) in [5.74, 6) is -0.941. The van der Waals surface area contributed by atoms with Gasteiger partial charge in [-0.05, 0) is 45.2 Å². The van der Waals surface area contributed by atoms with Gasteiger partial charge in [-0.2, -0.15) is 4.31 Å². The van der Waals surface area contributed by atoms with E-state index in [4.69, 9.17) is 5.11 Å². The first-order valence-corrected chi connectivity index (χ1v) is 10.5. The molecule has 150 valence electrons. The monoisotopic (exact) mass is 397 g/mol. The van der Waals surface area contributed by atoms with Crippen molar-refractivity contribution in [3.8, 4) is 0 Å². The van der Waals surface area contributed by atoms with Gasteiger partial charge in [-0.25, -0.2) is 13.2 Å². The van der Waals surface area contributed by atoms with Gasteiger partial charge in [0.05, 0.1) is 5.69 Å². The zero-order chi connectivity index (χ0) is 20.1. The predicted octanol–water partition coefficient (Wildman–Crippen LogP) is 2.63. The largest absolute Gasteiger partial charge is 0.481 e. The average molecular weight is 397 g/mol. The highest BCUT2D eigenvalue weighted by molar-refractivity contribution is 7.89. The minimum absolute atomic E-state index is 0.0605. The number of sulfonamides is 1. The molecule has 2 rings (SSSR count). The number of carbonyl (C=O) groups excluding carboxylic acids is 1. The number of hydrogen-bond acceptors (Lipinski definition) is 4. The zero-order valence-corrected chi connectivity index (χ0v) is 16.5. The Labute approximate surface area is 160 Å². The number of anilines is 1. The summed E-state index contributed by atoms with van der Waals surface area (Å²) < 4.78 is 27.3. The second-order valence-corrected chi connectivity index (χ2v) is 9.22. The molecule has 9 heteroatoms. The topological polar surface area (TPSA) is 116 Å². The fourth-order valence-electron chi connectivity index (χ4n) is 2.98. The van der Waals surface area contributed by atoms with E-state index in [0.29, 0.717) is 13.1 Å². The van der Waals surface area contributed by atoms with Crippen LogP contribution in [0.5, 0.6) is 0 Å². The van der Waals surface area contributed by atoms with Gasteiger partial charge in [-0.1, -0.05) is 18.6 Å². The number of rotatable bonds is 7. The van der Waals surface area contributed by atoms with Crippen molar-refractivity contribution in [2.24, 2.45) is 0 Å². The summed E-state index contributed by atoms with van der Waals surface area (Å²) >= 11 is 0. The van der Waals surface area contributed by atoms with Gasteiger partial charge >= 0.3 is 12.0 Å². The van der Waals surface area contributed by atoms with Crippen LogP contribution in [0, 0.1) is 0 Å². The van der Waals surface area contributed by atoms with Crippen LogP contribution in [0.15, 0.2) is 29.2 Å². The maximum Gasteiger partial charge on any atom is 0.319 e. The Kier molecular flexibility index (Phi) is 6.83. The van der Waals surface area contributed by atoms with Crippen LogP contribution in [0.4, 0.5) is 10.5 Å². The molecule has 0 atom stereocenters. The molecule has 3 N–H and O–H groups in total. The fourth-order valence-corrected chi connectivity index (χ4v) is 4.65. The van der Waals surface area contributed by atoms with E-state index in [1.807, 2.05) is 0 Å². The number of aliphatic carboxylic acids is 1. The average Bonchev–Trinajstić information content (AvgIpc) is 2.60. The number of carboxylic acid groups (broad SMARTS) is 1. The van der Waals surface area contributed by atoms with Crippen LogP contribution < -0.4 is 10.6 Å². The second kappa shape index (κ2) is 8.71. The van der Waals surface area contributed by atoms with E-state index in [0.717, 1.165) is 19.3 Å². The molecule has 0 unspecified atom stereocenters. The number of nitrogens with one attached hydrogen (secondary N) is 2. The summed E-state index contributed by atoms with van der Waals surface area (Å²) in [6.45, 7) is 4.38. The van der Waals surface area contributed by atoms with E-state index >= 15 is 0 Å². The first kappa shape index (κ1) is 21.2. The zero-order valence-electron chi connectivity index (χ0n) is 15.7. The Morgan fingerprint density at radius 1 is 1.15 bits per heavy atom. The molecule has 2 amide bonds. The SMILES string of the molecule is CC(C)(CCC(=O)O)NC(=O)Nc1ccccc1S(=O)(=O)N1CCCCC1. The molecule has 0 bridgehead atoms. The highest BCUT2D eigenvalue weighted by atomic mass is 32.2. The van der Waals surface area contributed by atoms with Gasteiger partial charge in [0, 0.05) is 25.0 Å². The van der Waals surface area contributed by atoms with Gasteiger partial charge in [-0.3, -0.25) is 4.79 Å². The first-order valence-electron chi connectivity index (χ1n) is 9.02. The van der Waals surface area contributed by atoms with Crippen molar-refractivity contribution in [3.63, 3.8) is 0 Å². The van der Waals surface area contributed by atoms with E-state index in [-0.39, 0.29) is 23.4 Å². The standard InChI is InChI=1S/C18H27N3O5S/c1-18(2,11-10-16(22)23)20-17(24)19-14-8-4-5-9-15(14)27(25,26)21-12-6-3-7-13-21/h4-5,8-9H,3,6-7,10-13H2,1-2H3,(H,22,23)(H2,19,20,24). The van der Waals surface area contributed by atoms with Gasteiger partial charge < -0.3 is 15.7 Å². The lowest BCUT2D eigenvalue weighted by Crippen LogP contribution is -2.46. The first-order chi connectivity index (χ1) is 12.6. The van der Waals surface area contributed by atoms with Gasteiger partial charge in [0.25, 0.3) is 0 Å². The van der Waals surface area contributed by atoms with Crippen molar-refractivity contribution < 1.29 is 23.1 Å². The van der Waals surface area contributed by atoms with Crippen LogP contribution in [0.3, 0.4) is 0 Å². The van der Waals surface area contributed by atoms with Crippen LogP contribution >= 0.6 is 0 Å². The van der Waals surface area contributed by atoms with E-state index in [2.05, 4.69) is 10.6 Å². The Morgan fingerprint density at radius 3 is 2.41 bits per heavy atom. The van der Waals surface area contributed by atoms with Crippen molar-refractivity contribution >= 4 is 27.7 Å². The molecule has 8 nitrogen and oxygen atoms in total. The molecule has 27 heavy (non-hydrogen) atoms. The maximum absolute atomic E-state index is 12.9. The van der Waals surface area contributed by atoms with Crippen molar-refractivity contribution in [1.82, 2.24) is 9.62 Å². The molecule has 0 spiro atoms. The molecule has 0 radical (unpaired) electrons. The molecule has 1 aromatic rings. The number of hydrogen-bond donors (Lipinski definition) is 3. The smallest absolute Gasteiger partial charge is 0.319 e. The lowest BCUT2D eigenvalue weighted by molar-refractivity contribution is -0.137. The number of piperidine rings is 1. The normalized spacial score (nSPS) is 15.9. The van der Waals surface area contributed by atoms with E-state index in [1.165, 1.54) is 10.4 Å². The number of para-hydroxylation sites is 1. The number of benzene rings is 1. The molecule has 1 aliphatic heterocycles. The Balaban J connectivity index is 2.13. The summed E-state index contributed by atoms with van der Waals surface area (Å²) in [7, 11) is -3.69. The second-order valence-electron chi connectivity index (χ2n) is 7.32. The number of nitrogens with zero attached hydrogens (tertiary/aromatic N) is 1. The third kappa shape index (κ3) is 5.93. The number of urea groups is 1. The van der Waals surface area contributed by atoms with Crippen LogP contribution in [0.1, 0.15) is 46.0 Å². The Hall–Kier alpha value is -2.13. The maximum atomic E-state index is 12.9.